The van der Waals surface area contributed by atoms with Crippen LogP contribution < -0.4 is 11.3 Å². The number of aliphatic hydroxyl groups is 1. The smallest absolute Gasteiger partial charge is 0.388 e. The van der Waals surface area contributed by atoms with Gasteiger partial charge in [-0.15, -0.1) is 0 Å². The molecule has 3 heterocycles. The van der Waals surface area contributed by atoms with Crippen LogP contribution in [0.2, 0.25) is 0 Å². The predicted octanol–water partition coefficient (Wildman–Crippen LogP) is -0.886. The summed E-state index contributed by atoms with van der Waals surface area (Å²) in [5, 5.41) is 10.2. The minimum atomic E-state index is -4.13. The van der Waals surface area contributed by atoms with E-state index in [2.05, 4.69) is 19.5 Å². The van der Waals surface area contributed by atoms with Gasteiger partial charge in [0.2, 0.25) is 5.95 Å². The molecule has 0 spiro atoms. The maximum atomic E-state index is 11.8. The van der Waals surface area contributed by atoms with Gasteiger partial charge in [0.05, 0.1) is 19.0 Å². The average Bonchev–Trinajstić information content (AvgIpc) is 3.08. The molecule has 13 heteroatoms. The lowest BCUT2D eigenvalue weighted by atomic mass is 10.2. The average molecular weight is 361 g/mol. The number of aromatic nitrogens is 4. The third-order valence-corrected chi connectivity index (χ3v) is 4.48. The number of aromatic amines is 1. The van der Waals surface area contributed by atoms with Gasteiger partial charge in [-0.25, -0.2) is 9.55 Å². The summed E-state index contributed by atoms with van der Waals surface area (Å²) in [6, 6.07) is 0. The molecule has 1 saturated heterocycles. The van der Waals surface area contributed by atoms with Crippen molar-refractivity contribution in [2.45, 2.75) is 24.9 Å². The maximum absolute atomic E-state index is 11.8. The summed E-state index contributed by atoms with van der Waals surface area (Å²) in [5.74, 6) is -0.0945. The molecule has 0 amide bonds. The van der Waals surface area contributed by atoms with E-state index in [1.807, 2.05) is 0 Å². The Balaban J connectivity index is 1.81. The van der Waals surface area contributed by atoms with Gasteiger partial charge in [0.25, 0.3) is 5.56 Å². The molecule has 1 fully saturated rings. The molecular formula is C11H16N5O7P. The number of nitrogen functional groups attached to an aromatic ring is 1. The number of ether oxygens (including phenoxy) is 1. The fourth-order valence-electron chi connectivity index (χ4n) is 2.45. The molecule has 0 saturated carbocycles. The number of phosphoric acid groups is 1. The maximum Gasteiger partial charge on any atom is 0.472 e. The van der Waals surface area contributed by atoms with Gasteiger partial charge in [-0.1, -0.05) is 0 Å². The molecule has 1 aliphatic heterocycles. The first kappa shape index (κ1) is 17.0. The molecule has 5 N–H and O–H groups in total. The van der Waals surface area contributed by atoms with E-state index in [1.54, 1.807) is 0 Å². The minimum Gasteiger partial charge on any atom is -0.388 e. The van der Waals surface area contributed by atoms with Crippen molar-refractivity contribution in [1.29, 1.82) is 0 Å². The zero-order valence-corrected chi connectivity index (χ0v) is 13.4. The quantitative estimate of drug-likeness (QED) is 0.489. The second kappa shape index (κ2) is 6.24. The zero-order valence-electron chi connectivity index (χ0n) is 12.5. The number of rotatable bonds is 5. The normalized spacial score (nSPS) is 26.7. The second-order valence-corrected chi connectivity index (χ2v) is 6.73. The van der Waals surface area contributed by atoms with Crippen LogP contribution >= 0.6 is 7.82 Å². The number of nitrogens with two attached hydrogens (primary N) is 1. The van der Waals surface area contributed by atoms with E-state index in [0.717, 1.165) is 7.11 Å². The van der Waals surface area contributed by atoms with Crippen LogP contribution in [-0.2, 0) is 18.3 Å². The van der Waals surface area contributed by atoms with Crippen LogP contribution in [0.25, 0.3) is 11.2 Å². The Hall–Kier alpha value is -1.82. The van der Waals surface area contributed by atoms with Crippen molar-refractivity contribution < 1.29 is 28.3 Å². The highest BCUT2D eigenvalue weighted by molar-refractivity contribution is 7.47. The monoisotopic (exact) mass is 361 g/mol. The number of H-pyrrole nitrogens is 1. The summed E-state index contributed by atoms with van der Waals surface area (Å²) in [5.41, 5.74) is 5.22. The van der Waals surface area contributed by atoms with Crippen molar-refractivity contribution in [1.82, 2.24) is 19.5 Å². The standard InChI is InChI=1S/C11H16N5O7P/c1-21-24(19,20)22-3-5-2-6(17)10(23-5)16-4-13-7-8(16)14-11(12)15-9(7)18/h4-6,10,17H,2-3H2,1H3,(H,19,20)(H3,12,14,15,18)/t5-,6+,10+/m0/s1. The number of anilines is 1. The molecule has 1 aliphatic rings. The number of hydrogen-bond acceptors (Lipinski definition) is 9. The van der Waals surface area contributed by atoms with Gasteiger partial charge in [0, 0.05) is 13.5 Å². The van der Waals surface area contributed by atoms with Crippen molar-refractivity contribution in [3.05, 3.63) is 16.7 Å². The number of hydrogen-bond donors (Lipinski definition) is 4. The van der Waals surface area contributed by atoms with Crippen molar-refractivity contribution in [2.24, 2.45) is 0 Å². The predicted molar refractivity (Wildman–Crippen MR) is 79.9 cm³/mol. The zero-order chi connectivity index (χ0) is 17.5. The van der Waals surface area contributed by atoms with Crippen molar-refractivity contribution in [3.63, 3.8) is 0 Å². The number of nitrogens with one attached hydrogen (secondary N) is 1. The highest BCUT2D eigenvalue weighted by Gasteiger charge is 2.37. The van der Waals surface area contributed by atoms with E-state index >= 15 is 0 Å². The van der Waals surface area contributed by atoms with Gasteiger partial charge < -0.3 is 20.5 Å². The van der Waals surface area contributed by atoms with Crippen LogP contribution in [0.5, 0.6) is 0 Å². The number of imidazole rings is 1. The first-order valence-corrected chi connectivity index (χ1v) is 8.39. The highest BCUT2D eigenvalue weighted by atomic mass is 31.2. The molecular weight excluding hydrogens is 345 g/mol. The Morgan fingerprint density at radius 1 is 1.62 bits per heavy atom. The van der Waals surface area contributed by atoms with Crippen LogP contribution in [0.3, 0.4) is 0 Å². The van der Waals surface area contributed by atoms with E-state index in [9.17, 15) is 19.4 Å². The summed E-state index contributed by atoms with van der Waals surface area (Å²) < 4.78 is 27.3. The van der Waals surface area contributed by atoms with Crippen LogP contribution in [0.4, 0.5) is 5.95 Å². The van der Waals surface area contributed by atoms with E-state index in [-0.39, 0.29) is 30.1 Å². The summed E-state index contributed by atoms with van der Waals surface area (Å²) in [7, 11) is -3.09. The SMILES string of the molecule is COP(=O)(O)OC[C@@H]1C[C@@H](O)[C@H](n2cnc3c(=O)[nH]c(N)nc32)O1. The van der Waals surface area contributed by atoms with E-state index in [4.69, 9.17) is 15.0 Å². The lowest BCUT2D eigenvalue weighted by molar-refractivity contribution is -0.0485. The molecule has 2 aromatic heterocycles. The van der Waals surface area contributed by atoms with E-state index < -0.39 is 31.8 Å². The first-order valence-electron chi connectivity index (χ1n) is 6.89. The van der Waals surface area contributed by atoms with Crippen LogP contribution in [-0.4, -0.2) is 55.4 Å². The number of aliphatic hydroxyl groups excluding tert-OH is 1. The Morgan fingerprint density at radius 3 is 3.08 bits per heavy atom. The summed E-state index contributed by atoms with van der Waals surface area (Å²) in [4.78, 5) is 31.2. The molecule has 3 rings (SSSR count). The van der Waals surface area contributed by atoms with E-state index in [1.165, 1.54) is 10.9 Å². The van der Waals surface area contributed by atoms with Gasteiger partial charge in [-0.05, 0) is 0 Å². The molecule has 1 unspecified atom stereocenters. The lowest BCUT2D eigenvalue weighted by Crippen LogP contribution is -2.20. The second-order valence-electron chi connectivity index (χ2n) is 5.17. The fourth-order valence-corrected chi connectivity index (χ4v) is 2.91. The number of fused-ring (bicyclic) bond motifs is 1. The van der Waals surface area contributed by atoms with Gasteiger partial charge >= 0.3 is 7.82 Å². The Bertz CT molecular complexity index is 851. The van der Waals surface area contributed by atoms with Crippen molar-refractivity contribution in [2.75, 3.05) is 19.5 Å². The molecule has 2 aromatic rings. The Morgan fingerprint density at radius 2 is 2.38 bits per heavy atom. The first-order chi connectivity index (χ1) is 11.3. The molecule has 4 atom stereocenters. The summed E-state index contributed by atoms with van der Waals surface area (Å²) >= 11 is 0. The van der Waals surface area contributed by atoms with Crippen molar-refractivity contribution >= 4 is 24.9 Å². The molecule has 0 radical (unpaired) electrons. The third-order valence-electron chi connectivity index (χ3n) is 3.54. The number of nitrogens with zero attached hydrogens (tertiary/aromatic N) is 3. The van der Waals surface area contributed by atoms with Gasteiger partial charge in [-0.3, -0.25) is 23.4 Å². The molecule has 12 nitrogen and oxygen atoms in total. The van der Waals surface area contributed by atoms with Crippen LogP contribution in [0, 0.1) is 0 Å². The Labute approximate surface area is 134 Å². The third kappa shape index (κ3) is 3.20. The molecule has 0 aromatic carbocycles. The molecule has 132 valence electrons. The molecule has 24 heavy (non-hydrogen) atoms. The van der Waals surface area contributed by atoms with Gasteiger partial charge in [0.1, 0.15) is 6.10 Å². The fraction of sp³-hybridized carbons (Fsp3) is 0.545. The Kier molecular flexibility index (Phi) is 4.42. The van der Waals surface area contributed by atoms with Gasteiger partial charge in [-0.2, -0.15) is 4.98 Å². The number of phosphoric ester groups is 1. The minimum absolute atomic E-state index is 0.0546. The topological polar surface area (TPSA) is 175 Å². The van der Waals surface area contributed by atoms with Gasteiger partial charge in [0.15, 0.2) is 17.4 Å². The van der Waals surface area contributed by atoms with E-state index in [0.29, 0.717) is 0 Å². The van der Waals surface area contributed by atoms with Crippen LogP contribution in [0.1, 0.15) is 12.6 Å². The summed E-state index contributed by atoms with van der Waals surface area (Å²) in [6.07, 6.45) is -1.06. The molecule has 0 aliphatic carbocycles. The molecule has 0 bridgehead atoms. The van der Waals surface area contributed by atoms with Crippen LogP contribution in [0.15, 0.2) is 11.1 Å². The van der Waals surface area contributed by atoms with Crippen molar-refractivity contribution in [3.8, 4) is 0 Å². The highest BCUT2D eigenvalue weighted by Crippen LogP contribution is 2.43. The summed E-state index contributed by atoms with van der Waals surface area (Å²) in [6.45, 7) is -0.252. The largest absolute Gasteiger partial charge is 0.472 e. The lowest BCUT2D eigenvalue weighted by Gasteiger charge is -2.17.